The largest absolute Gasteiger partial charge is 0.456 e. The molecule has 0 saturated carbocycles. The first-order valence-electron chi connectivity index (χ1n) is 21.8. The molecule has 4 heteroatoms. The molecule has 1 aliphatic rings. The van der Waals surface area contributed by atoms with Crippen LogP contribution in [0.15, 0.2) is 217 Å². The van der Waals surface area contributed by atoms with Crippen molar-refractivity contribution in [2.24, 2.45) is 0 Å². The Bertz CT molecular complexity index is 3560. The zero-order chi connectivity index (χ0) is 42.8. The number of hydrogen-bond donors (Lipinski definition) is 0. The van der Waals surface area contributed by atoms with Crippen LogP contribution in [0.1, 0.15) is 25.0 Å². The third-order valence-corrected chi connectivity index (χ3v) is 12.9. The van der Waals surface area contributed by atoms with Crippen molar-refractivity contribution < 1.29 is 4.42 Å². The van der Waals surface area contributed by atoms with Gasteiger partial charge in [-0.2, -0.15) is 0 Å². The first kappa shape index (κ1) is 37.5. The molecule has 4 nitrogen and oxygen atoms in total. The van der Waals surface area contributed by atoms with Gasteiger partial charge in [0, 0.05) is 32.9 Å². The van der Waals surface area contributed by atoms with Crippen LogP contribution in [0.5, 0.6) is 0 Å². The zero-order valence-corrected chi connectivity index (χ0v) is 35.5. The van der Waals surface area contributed by atoms with E-state index in [0.29, 0.717) is 17.5 Å². The molecular weight excluding hydrogens is 779 g/mol. The molecule has 0 unspecified atom stereocenters. The van der Waals surface area contributed by atoms with E-state index in [9.17, 15) is 0 Å². The van der Waals surface area contributed by atoms with Crippen LogP contribution in [0.25, 0.3) is 112 Å². The molecule has 1 aliphatic carbocycles. The monoisotopic (exact) mass is 819 g/mol. The highest BCUT2D eigenvalue weighted by molar-refractivity contribution is 6.13. The third kappa shape index (κ3) is 6.34. The van der Waals surface area contributed by atoms with E-state index < -0.39 is 0 Å². The van der Waals surface area contributed by atoms with Crippen molar-refractivity contribution in [2.45, 2.75) is 19.3 Å². The molecule has 11 aromatic rings. The van der Waals surface area contributed by atoms with E-state index in [4.69, 9.17) is 19.4 Å². The first-order chi connectivity index (χ1) is 31.5. The lowest BCUT2D eigenvalue weighted by atomic mass is 9.80. The first-order valence-corrected chi connectivity index (χ1v) is 21.8. The maximum Gasteiger partial charge on any atom is 0.164 e. The molecule has 9 aromatic carbocycles. The predicted octanol–water partition coefficient (Wildman–Crippen LogP) is 15.7. The number of benzene rings is 9. The van der Waals surface area contributed by atoms with Crippen LogP contribution in [-0.2, 0) is 5.41 Å². The van der Waals surface area contributed by atoms with Gasteiger partial charge in [-0.3, -0.25) is 0 Å². The van der Waals surface area contributed by atoms with Crippen LogP contribution in [0.4, 0.5) is 0 Å². The molecule has 0 radical (unpaired) electrons. The second-order valence-corrected chi connectivity index (χ2v) is 17.2. The average Bonchev–Trinajstić information content (AvgIpc) is 3.86. The molecule has 0 N–H and O–H groups in total. The Kier molecular flexibility index (Phi) is 8.80. The molecule has 2 heterocycles. The molecule has 12 rings (SSSR count). The molecule has 64 heavy (non-hydrogen) atoms. The van der Waals surface area contributed by atoms with Gasteiger partial charge in [0.15, 0.2) is 17.5 Å². The van der Waals surface area contributed by atoms with E-state index in [0.717, 1.165) is 72.0 Å². The zero-order valence-electron chi connectivity index (χ0n) is 35.5. The highest BCUT2D eigenvalue weighted by Crippen LogP contribution is 2.52. The van der Waals surface area contributed by atoms with Gasteiger partial charge in [-0.25, -0.2) is 15.0 Å². The van der Waals surface area contributed by atoms with Crippen molar-refractivity contribution in [2.75, 3.05) is 0 Å². The Hall–Kier alpha value is -8.21. The highest BCUT2D eigenvalue weighted by atomic mass is 16.3. The van der Waals surface area contributed by atoms with Crippen molar-refractivity contribution in [3.8, 4) is 89.8 Å². The quantitative estimate of drug-likeness (QED) is 0.161. The summed E-state index contributed by atoms with van der Waals surface area (Å²) in [7, 11) is 0. The van der Waals surface area contributed by atoms with Gasteiger partial charge in [0.1, 0.15) is 11.2 Å². The Morgan fingerprint density at radius 2 is 0.828 bits per heavy atom. The van der Waals surface area contributed by atoms with Crippen LogP contribution >= 0.6 is 0 Å². The van der Waals surface area contributed by atoms with Crippen molar-refractivity contribution in [1.82, 2.24) is 15.0 Å². The Morgan fingerprint density at radius 3 is 1.56 bits per heavy atom. The lowest BCUT2D eigenvalue weighted by molar-refractivity contribution is 0.661. The molecule has 0 spiro atoms. The molecule has 0 saturated heterocycles. The fourth-order valence-electron chi connectivity index (χ4n) is 9.82. The second-order valence-electron chi connectivity index (χ2n) is 17.2. The normalized spacial score (nSPS) is 12.7. The van der Waals surface area contributed by atoms with E-state index in [-0.39, 0.29) is 5.41 Å². The van der Waals surface area contributed by atoms with E-state index in [1.54, 1.807) is 0 Å². The third-order valence-electron chi connectivity index (χ3n) is 12.9. The van der Waals surface area contributed by atoms with E-state index in [2.05, 4.69) is 208 Å². The molecule has 0 bridgehead atoms. The summed E-state index contributed by atoms with van der Waals surface area (Å²) < 4.78 is 6.67. The van der Waals surface area contributed by atoms with Gasteiger partial charge in [-0.15, -0.1) is 0 Å². The molecule has 2 aromatic heterocycles. The number of rotatable bonds is 7. The summed E-state index contributed by atoms with van der Waals surface area (Å²) in [6.45, 7) is 4.61. The Balaban J connectivity index is 1.01. The number of nitrogens with zero attached hydrogens (tertiary/aromatic N) is 3. The average molecular weight is 820 g/mol. The molecular formula is C60H41N3O. The lowest BCUT2D eigenvalue weighted by Gasteiger charge is -2.24. The summed E-state index contributed by atoms with van der Waals surface area (Å²) in [5, 5.41) is 2.19. The number of hydrogen-bond acceptors (Lipinski definition) is 4. The smallest absolute Gasteiger partial charge is 0.164 e. The van der Waals surface area contributed by atoms with Gasteiger partial charge in [-0.1, -0.05) is 190 Å². The van der Waals surface area contributed by atoms with E-state index >= 15 is 0 Å². The van der Waals surface area contributed by atoms with Crippen molar-refractivity contribution in [3.63, 3.8) is 0 Å². The topological polar surface area (TPSA) is 51.8 Å². The SMILES string of the molecule is CC1(C)c2ccccc2-c2cccc(-c3nc(-c4ccccc4)nc(-c4cc(-c5ccccc5)cc(-c5ccc6c(c5)oc5cccc(-c7ccc(-c8ccccc8)cc7)c56)c4)n3)c21. The van der Waals surface area contributed by atoms with Gasteiger partial charge < -0.3 is 4.42 Å². The Morgan fingerprint density at radius 1 is 0.328 bits per heavy atom. The minimum atomic E-state index is -0.244. The van der Waals surface area contributed by atoms with Crippen molar-refractivity contribution >= 4 is 21.9 Å². The fraction of sp³-hybridized carbons (Fsp3) is 0.0500. The van der Waals surface area contributed by atoms with Gasteiger partial charge >= 0.3 is 0 Å². The number of furan rings is 1. The summed E-state index contributed by atoms with van der Waals surface area (Å²) in [6, 6.07) is 74.9. The molecule has 0 fully saturated rings. The van der Waals surface area contributed by atoms with Gasteiger partial charge in [0.25, 0.3) is 0 Å². The molecule has 0 amide bonds. The predicted molar refractivity (Wildman–Crippen MR) is 263 cm³/mol. The van der Waals surface area contributed by atoms with Crippen LogP contribution < -0.4 is 0 Å². The summed E-state index contributed by atoms with van der Waals surface area (Å²) in [6.07, 6.45) is 0. The van der Waals surface area contributed by atoms with Crippen molar-refractivity contribution in [1.29, 1.82) is 0 Å². The minimum absolute atomic E-state index is 0.244. The minimum Gasteiger partial charge on any atom is -0.456 e. The maximum absolute atomic E-state index is 6.67. The van der Waals surface area contributed by atoms with Crippen LogP contribution in [0, 0.1) is 0 Å². The summed E-state index contributed by atoms with van der Waals surface area (Å²) in [5.74, 6) is 1.90. The standard InChI is InChI=1S/C60H41N3O/c1-60(2)52-26-13-12-22-48(52)49-24-14-25-51(56(49)60)59-62-57(42-20-10-5-11-21-42)61-58(63-59)46-35-44(39-18-8-4-9-19-39)34-45(36-46)43-32-33-50-54(37-43)64-53-27-15-23-47(55(50)53)41-30-28-40(29-31-41)38-16-6-3-7-17-38/h3-37H,1-2H3. The summed E-state index contributed by atoms with van der Waals surface area (Å²) >= 11 is 0. The van der Waals surface area contributed by atoms with Gasteiger partial charge in [0.05, 0.1) is 0 Å². The molecule has 0 atom stereocenters. The Labute approximate surface area is 372 Å². The lowest BCUT2D eigenvalue weighted by Crippen LogP contribution is -2.17. The maximum atomic E-state index is 6.67. The van der Waals surface area contributed by atoms with E-state index in [1.807, 2.05) is 18.2 Å². The van der Waals surface area contributed by atoms with Gasteiger partial charge in [0.2, 0.25) is 0 Å². The van der Waals surface area contributed by atoms with Crippen LogP contribution in [0.3, 0.4) is 0 Å². The van der Waals surface area contributed by atoms with Gasteiger partial charge in [-0.05, 0) is 103 Å². The van der Waals surface area contributed by atoms with E-state index in [1.165, 1.54) is 33.4 Å². The van der Waals surface area contributed by atoms with Crippen LogP contribution in [0.2, 0.25) is 0 Å². The van der Waals surface area contributed by atoms with Crippen LogP contribution in [-0.4, -0.2) is 15.0 Å². The summed E-state index contributed by atoms with van der Waals surface area (Å²) in [4.78, 5) is 15.8. The number of fused-ring (bicyclic) bond motifs is 6. The molecule has 302 valence electrons. The highest BCUT2D eigenvalue weighted by Gasteiger charge is 2.38. The molecule has 0 aliphatic heterocycles. The van der Waals surface area contributed by atoms with Crippen molar-refractivity contribution in [3.05, 3.63) is 223 Å². The number of aromatic nitrogens is 3. The fourth-order valence-corrected chi connectivity index (χ4v) is 9.82. The summed E-state index contributed by atoms with van der Waals surface area (Å²) in [5.41, 5.74) is 18.3. The second kappa shape index (κ2) is 15.0.